The summed E-state index contributed by atoms with van der Waals surface area (Å²) in [6, 6.07) is 22.7. The van der Waals surface area contributed by atoms with Crippen molar-refractivity contribution in [2.24, 2.45) is 4.99 Å². The predicted octanol–water partition coefficient (Wildman–Crippen LogP) is 7.41. The van der Waals surface area contributed by atoms with Crippen molar-refractivity contribution in [3.63, 3.8) is 0 Å². The maximum atomic E-state index is 13.6. The van der Waals surface area contributed by atoms with Gasteiger partial charge in [0.05, 0.1) is 27.4 Å². The first-order valence-corrected chi connectivity index (χ1v) is 14.4. The van der Waals surface area contributed by atoms with Crippen LogP contribution in [0, 0.1) is 0 Å². The Hall–Kier alpha value is -3.23. The van der Waals surface area contributed by atoms with Crippen molar-refractivity contribution in [1.82, 2.24) is 9.80 Å². The lowest BCUT2D eigenvalue weighted by Crippen LogP contribution is -2.35. The molecule has 1 unspecified atom stereocenters. The summed E-state index contributed by atoms with van der Waals surface area (Å²) in [4.78, 5) is 23.2. The van der Waals surface area contributed by atoms with Crippen LogP contribution in [0.1, 0.15) is 29.7 Å². The lowest BCUT2D eigenvalue weighted by molar-refractivity contribution is -0.140. The Balaban J connectivity index is 1.56. The van der Waals surface area contributed by atoms with E-state index in [9.17, 15) is 4.79 Å². The molecule has 0 amide bonds. The number of esters is 1. The van der Waals surface area contributed by atoms with Gasteiger partial charge in [0.15, 0.2) is 5.17 Å². The first-order chi connectivity index (χ1) is 19.3. The van der Waals surface area contributed by atoms with Gasteiger partial charge >= 0.3 is 5.97 Å². The molecule has 9 heteroatoms. The minimum Gasteiger partial charge on any atom is -0.489 e. The Kier molecular flexibility index (Phi) is 8.86. The van der Waals surface area contributed by atoms with Crippen LogP contribution in [-0.4, -0.2) is 48.2 Å². The fourth-order valence-corrected chi connectivity index (χ4v) is 6.39. The summed E-state index contributed by atoms with van der Waals surface area (Å²) in [6.07, 6.45) is 1.95. The van der Waals surface area contributed by atoms with Crippen LogP contribution in [0.15, 0.2) is 95.3 Å². The Labute approximate surface area is 248 Å². The number of halogens is 2. The van der Waals surface area contributed by atoms with Crippen LogP contribution in [0.5, 0.6) is 5.75 Å². The van der Waals surface area contributed by atoms with Gasteiger partial charge < -0.3 is 19.3 Å². The Morgan fingerprint density at radius 2 is 1.70 bits per heavy atom. The molecule has 5 rings (SSSR count). The van der Waals surface area contributed by atoms with Crippen molar-refractivity contribution < 1.29 is 14.3 Å². The van der Waals surface area contributed by atoms with Crippen molar-refractivity contribution in [1.29, 1.82) is 0 Å². The number of allylic oxidation sites excluding steroid dienone is 1. The van der Waals surface area contributed by atoms with E-state index in [-0.39, 0.29) is 6.61 Å². The molecule has 2 heterocycles. The number of rotatable bonds is 9. The standard InChI is InChI=1S/C31H29Cl2N3O3S/c1-20-27(30(37)38-17-16-35(2)3)29(22-12-7-8-15-25(22)39-19-21-10-5-4-6-11-21)36-18-26(40-31(36)34-20)28-23(32)13-9-14-24(28)33/h4-15,18,29H,16-17,19H2,1-3H3. The highest BCUT2D eigenvalue weighted by molar-refractivity contribution is 8.22. The number of thioether (sulfide) groups is 1. The fourth-order valence-electron chi connectivity index (χ4n) is 4.55. The number of para-hydroxylation sites is 1. The molecule has 6 nitrogen and oxygen atoms in total. The highest BCUT2D eigenvalue weighted by atomic mass is 35.5. The number of carbonyl (C=O) groups excluding carboxylic acids is 1. The smallest absolute Gasteiger partial charge is 0.338 e. The van der Waals surface area contributed by atoms with Crippen molar-refractivity contribution >= 4 is 51.0 Å². The molecule has 0 saturated carbocycles. The molecule has 0 spiro atoms. The predicted molar refractivity (Wildman–Crippen MR) is 163 cm³/mol. The number of nitrogens with zero attached hydrogens (tertiary/aromatic N) is 3. The van der Waals surface area contributed by atoms with Crippen LogP contribution in [0.4, 0.5) is 0 Å². The van der Waals surface area contributed by atoms with Crippen molar-refractivity contribution in [3.8, 4) is 5.75 Å². The normalized spacial score (nSPS) is 16.6. The maximum absolute atomic E-state index is 13.6. The van der Waals surface area contributed by atoms with Crippen molar-refractivity contribution in [3.05, 3.63) is 117 Å². The molecule has 0 aliphatic carbocycles. The third kappa shape index (κ3) is 6.08. The van der Waals surface area contributed by atoms with Gasteiger partial charge in [-0.15, -0.1) is 0 Å². The molecular formula is C31H29Cl2N3O3S. The molecule has 0 aromatic heterocycles. The summed E-state index contributed by atoms with van der Waals surface area (Å²) in [5, 5.41) is 1.81. The number of amidine groups is 1. The van der Waals surface area contributed by atoms with E-state index < -0.39 is 12.0 Å². The average Bonchev–Trinajstić information content (AvgIpc) is 3.34. The second kappa shape index (κ2) is 12.5. The van der Waals surface area contributed by atoms with Gasteiger partial charge in [0.1, 0.15) is 19.0 Å². The Morgan fingerprint density at radius 1 is 1.00 bits per heavy atom. The van der Waals surface area contributed by atoms with Crippen LogP contribution < -0.4 is 4.74 Å². The Bertz CT molecular complexity index is 1480. The van der Waals surface area contributed by atoms with Crippen LogP contribution in [0.3, 0.4) is 0 Å². The first kappa shape index (κ1) is 28.3. The lowest BCUT2D eigenvalue weighted by Gasteiger charge is -2.34. The highest BCUT2D eigenvalue weighted by Crippen LogP contribution is 2.50. The quantitative estimate of drug-likeness (QED) is 0.241. The zero-order valence-electron chi connectivity index (χ0n) is 22.4. The van der Waals surface area contributed by atoms with Gasteiger partial charge in [-0.25, -0.2) is 9.79 Å². The number of fused-ring (bicyclic) bond motifs is 1. The zero-order valence-corrected chi connectivity index (χ0v) is 24.8. The lowest BCUT2D eigenvalue weighted by atomic mass is 9.94. The third-order valence-electron chi connectivity index (χ3n) is 6.53. The van der Waals surface area contributed by atoms with Gasteiger partial charge in [-0.3, -0.25) is 0 Å². The topological polar surface area (TPSA) is 54.4 Å². The second-order valence-corrected chi connectivity index (χ2v) is 11.5. The molecule has 2 aliphatic rings. The van der Waals surface area contributed by atoms with Crippen molar-refractivity contribution in [2.45, 2.75) is 19.6 Å². The molecule has 3 aromatic carbocycles. The van der Waals surface area contributed by atoms with E-state index in [2.05, 4.69) is 0 Å². The summed E-state index contributed by atoms with van der Waals surface area (Å²) < 4.78 is 12.1. The molecule has 0 radical (unpaired) electrons. The highest BCUT2D eigenvalue weighted by Gasteiger charge is 2.41. The Morgan fingerprint density at radius 3 is 2.42 bits per heavy atom. The van der Waals surface area contributed by atoms with E-state index in [1.807, 2.05) is 110 Å². The minimum absolute atomic E-state index is 0.267. The molecule has 0 saturated heterocycles. The summed E-state index contributed by atoms with van der Waals surface area (Å²) in [7, 11) is 3.87. The van der Waals surface area contributed by atoms with E-state index >= 15 is 0 Å². The molecule has 0 fully saturated rings. The van der Waals surface area contributed by atoms with Gasteiger partial charge in [0.2, 0.25) is 0 Å². The summed E-state index contributed by atoms with van der Waals surface area (Å²) in [6.45, 7) is 3.11. The van der Waals surface area contributed by atoms with Gasteiger partial charge in [-0.2, -0.15) is 0 Å². The van der Waals surface area contributed by atoms with Crippen LogP contribution in [0.2, 0.25) is 10.0 Å². The van der Waals surface area contributed by atoms with Crippen LogP contribution >= 0.6 is 35.0 Å². The number of hydrogen-bond donors (Lipinski definition) is 0. The van der Waals surface area contributed by atoms with E-state index in [0.717, 1.165) is 26.8 Å². The molecule has 1 atom stereocenters. The van der Waals surface area contributed by atoms with Crippen molar-refractivity contribution in [2.75, 3.05) is 27.2 Å². The number of carbonyl (C=O) groups is 1. The fraction of sp³-hybridized carbons (Fsp3) is 0.226. The number of hydrogen-bond acceptors (Lipinski definition) is 7. The van der Waals surface area contributed by atoms with Gasteiger partial charge in [0.25, 0.3) is 0 Å². The second-order valence-electron chi connectivity index (χ2n) is 9.65. The maximum Gasteiger partial charge on any atom is 0.338 e. The molecule has 40 heavy (non-hydrogen) atoms. The number of ether oxygens (including phenoxy) is 2. The molecule has 0 N–H and O–H groups in total. The summed E-state index contributed by atoms with van der Waals surface area (Å²) >= 11 is 14.6. The molecular weight excluding hydrogens is 565 g/mol. The summed E-state index contributed by atoms with van der Waals surface area (Å²) in [5.74, 6) is 0.263. The van der Waals surface area contributed by atoms with Gasteiger partial charge in [-0.05, 0) is 56.5 Å². The van der Waals surface area contributed by atoms with Crippen LogP contribution in [0.25, 0.3) is 4.91 Å². The zero-order chi connectivity index (χ0) is 28.2. The van der Waals surface area contributed by atoms with E-state index in [1.165, 1.54) is 11.8 Å². The third-order valence-corrected chi connectivity index (χ3v) is 8.18. The molecule has 3 aromatic rings. The monoisotopic (exact) mass is 593 g/mol. The number of aliphatic imine (C=N–C) groups is 1. The summed E-state index contributed by atoms with van der Waals surface area (Å²) in [5.41, 5.74) is 3.66. The van der Waals surface area contributed by atoms with Gasteiger partial charge in [0, 0.05) is 28.8 Å². The molecule has 206 valence electrons. The first-order valence-electron chi connectivity index (χ1n) is 12.8. The largest absolute Gasteiger partial charge is 0.489 e. The molecule has 0 bridgehead atoms. The van der Waals surface area contributed by atoms with Crippen LogP contribution in [-0.2, 0) is 16.1 Å². The number of benzene rings is 3. The van der Waals surface area contributed by atoms with E-state index in [1.54, 1.807) is 0 Å². The molecule has 2 aliphatic heterocycles. The number of likely N-dealkylation sites (N-methyl/N-ethyl adjacent to an activating group) is 1. The average molecular weight is 595 g/mol. The minimum atomic E-state index is -0.530. The SMILES string of the molecule is CC1=C(C(=O)OCCN(C)C)C(c2ccccc2OCc2ccccc2)N2C=C(c3c(Cl)cccc3Cl)SC2=N1. The van der Waals surface area contributed by atoms with Gasteiger partial charge in [-0.1, -0.05) is 77.8 Å². The van der Waals surface area contributed by atoms with E-state index in [4.69, 9.17) is 37.7 Å². The van der Waals surface area contributed by atoms with E-state index in [0.29, 0.717) is 40.2 Å².